The number of aromatic carboxylic acids is 1. The van der Waals surface area contributed by atoms with Gasteiger partial charge in [0.05, 0.1) is 4.88 Å². The summed E-state index contributed by atoms with van der Waals surface area (Å²) in [5.41, 5.74) is 0.747. The molecule has 3 aromatic rings. The van der Waals surface area contributed by atoms with Crippen LogP contribution in [0.5, 0.6) is 5.75 Å². The lowest BCUT2D eigenvalue weighted by molar-refractivity contribution is -0.139. The van der Waals surface area contributed by atoms with E-state index in [0.717, 1.165) is 27.7 Å². The van der Waals surface area contributed by atoms with Gasteiger partial charge in [-0.15, -0.1) is 11.3 Å². The van der Waals surface area contributed by atoms with Crippen molar-refractivity contribution in [2.45, 2.75) is 0 Å². The third-order valence-corrected chi connectivity index (χ3v) is 5.04. The first-order valence-electron chi connectivity index (χ1n) is 6.86. The second-order valence-corrected chi connectivity index (χ2v) is 6.35. The van der Waals surface area contributed by atoms with E-state index < -0.39 is 18.5 Å². The summed E-state index contributed by atoms with van der Waals surface area (Å²) in [6.07, 6.45) is 0. The van der Waals surface area contributed by atoms with E-state index in [1.54, 1.807) is 0 Å². The molecule has 0 bridgehead atoms. The number of benzene rings is 2. The maximum atomic E-state index is 11.4. The number of hydrogen-bond acceptors (Lipinski definition) is 4. The first-order chi connectivity index (χ1) is 11.5. The second-order valence-electron chi connectivity index (χ2n) is 4.95. The highest BCUT2D eigenvalue weighted by Gasteiger charge is 2.24. The number of fused-ring (bicyclic) bond motifs is 1. The zero-order valence-corrected chi connectivity index (χ0v) is 13.7. The van der Waals surface area contributed by atoms with Crippen molar-refractivity contribution in [2.24, 2.45) is 0 Å². The fourth-order valence-electron chi connectivity index (χ4n) is 2.32. The Hall–Kier alpha value is -2.57. The van der Waals surface area contributed by atoms with Crippen LogP contribution in [0.1, 0.15) is 9.67 Å². The van der Waals surface area contributed by atoms with Gasteiger partial charge in [-0.25, -0.2) is 9.59 Å². The Morgan fingerprint density at radius 1 is 1.08 bits per heavy atom. The first kappa shape index (κ1) is 16.3. The number of carbonyl (C=O) groups is 2. The predicted molar refractivity (Wildman–Crippen MR) is 92.4 cm³/mol. The minimum atomic E-state index is -1.21. The quantitative estimate of drug-likeness (QED) is 0.703. The van der Waals surface area contributed by atoms with Crippen LogP contribution in [-0.2, 0) is 4.79 Å². The lowest BCUT2D eigenvalue weighted by Gasteiger charge is -2.04. The zero-order valence-electron chi connectivity index (χ0n) is 12.2. The van der Waals surface area contributed by atoms with Gasteiger partial charge in [-0.3, -0.25) is 0 Å². The zero-order chi connectivity index (χ0) is 17.3. The van der Waals surface area contributed by atoms with Gasteiger partial charge in [0.15, 0.2) is 17.2 Å². The van der Waals surface area contributed by atoms with Gasteiger partial charge in [-0.2, -0.15) is 0 Å². The molecule has 24 heavy (non-hydrogen) atoms. The molecule has 0 spiro atoms. The summed E-state index contributed by atoms with van der Waals surface area (Å²) < 4.78 is 5.08. The van der Waals surface area contributed by atoms with Crippen molar-refractivity contribution >= 4 is 45.6 Å². The number of carboxylic acid groups (broad SMARTS) is 2. The molecule has 7 heteroatoms. The van der Waals surface area contributed by atoms with Gasteiger partial charge < -0.3 is 14.9 Å². The highest BCUT2D eigenvalue weighted by molar-refractivity contribution is 7.18. The van der Waals surface area contributed by atoms with Crippen molar-refractivity contribution in [3.63, 3.8) is 0 Å². The summed E-state index contributed by atoms with van der Waals surface area (Å²) in [4.78, 5) is 22.5. The smallest absolute Gasteiger partial charge is 0.349 e. The highest BCUT2D eigenvalue weighted by Crippen LogP contribution is 2.45. The van der Waals surface area contributed by atoms with E-state index in [0.29, 0.717) is 4.88 Å². The lowest BCUT2D eigenvalue weighted by atomic mass is 10.1. The summed E-state index contributed by atoms with van der Waals surface area (Å²) in [7, 11) is 0. The molecule has 0 fully saturated rings. The third-order valence-electron chi connectivity index (χ3n) is 3.35. The molecule has 122 valence electrons. The molecule has 1 aromatic heterocycles. The molecule has 0 aliphatic carbocycles. The van der Waals surface area contributed by atoms with Crippen LogP contribution < -0.4 is 4.74 Å². The van der Waals surface area contributed by atoms with Crippen molar-refractivity contribution in [1.29, 1.82) is 0 Å². The molecule has 2 N–H and O–H groups in total. The molecule has 0 aliphatic heterocycles. The van der Waals surface area contributed by atoms with Crippen LogP contribution in [0, 0.1) is 0 Å². The van der Waals surface area contributed by atoms with Crippen molar-refractivity contribution in [1.82, 2.24) is 0 Å². The molecule has 0 atom stereocenters. The number of rotatable bonds is 5. The molecule has 0 amide bonds. The minimum absolute atomic E-state index is 0.105. The SMILES string of the molecule is O=C(O)COc1c(C(=O)O)sc(-c2ccc3ccccc3c2)c1Cl. The van der Waals surface area contributed by atoms with Crippen LogP contribution in [-0.4, -0.2) is 28.8 Å². The summed E-state index contributed by atoms with van der Waals surface area (Å²) in [6.45, 7) is -0.659. The van der Waals surface area contributed by atoms with Crippen molar-refractivity contribution in [2.75, 3.05) is 6.61 Å². The largest absolute Gasteiger partial charge is 0.479 e. The Morgan fingerprint density at radius 3 is 2.46 bits per heavy atom. The normalized spacial score (nSPS) is 10.7. The first-order valence-corrected chi connectivity index (χ1v) is 8.06. The number of carboxylic acids is 2. The van der Waals surface area contributed by atoms with Gasteiger partial charge in [0.1, 0.15) is 5.02 Å². The minimum Gasteiger partial charge on any atom is -0.479 e. The Kier molecular flexibility index (Phi) is 4.42. The third kappa shape index (κ3) is 3.06. The average molecular weight is 363 g/mol. The number of thiophene rings is 1. The molecular weight excluding hydrogens is 352 g/mol. The summed E-state index contributed by atoms with van der Waals surface area (Å²) in [5.74, 6) is -2.53. The van der Waals surface area contributed by atoms with Gasteiger partial charge in [0, 0.05) is 0 Å². The second kappa shape index (κ2) is 6.51. The molecule has 0 aliphatic rings. The van der Waals surface area contributed by atoms with E-state index in [1.165, 1.54) is 0 Å². The standard InChI is InChI=1S/C17H11ClO5S/c18-13-14(23-8-12(19)20)16(17(21)22)24-15(13)11-6-5-9-3-1-2-4-10(9)7-11/h1-7H,8H2,(H,19,20)(H,21,22). The molecule has 0 saturated carbocycles. The molecule has 2 aromatic carbocycles. The number of hydrogen-bond donors (Lipinski definition) is 2. The van der Waals surface area contributed by atoms with Gasteiger partial charge in [0.2, 0.25) is 0 Å². The molecular formula is C17H11ClO5S. The van der Waals surface area contributed by atoms with Crippen LogP contribution in [0.3, 0.4) is 0 Å². The van der Waals surface area contributed by atoms with Crippen LogP contribution in [0.4, 0.5) is 0 Å². The maximum absolute atomic E-state index is 11.4. The Labute approximate surface area is 145 Å². The van der Waals surface area contributed by atoms with E-state index in [-0.39, 0.29) is 15.6 Å². The van der Waals surface area contributed by atoms with Crippen LogP contribution in [0.2, 0.25) is 5.02 Å². The fraction of sp³-hybridized carbons (Fsp3) is 0.0588. The highest BCUT2D eigenvalue weighted by atomic mass is 35.5. The van der Waals surface area contributed by atoms with Crippen molar-refractivity contribution in [3.05, 3.63) is 52.4 Å². The summed E-state index contributed by atoms with van der Waals surface area (Å²) >= 11 is 7.23. The van der Waals surface area contributed by atoms with Gasteiger partial charge >= 0.3 is 11.9 Å². The summed E-state index contributed by atoms with van der Waals surface area (Å²) in [5, 5.41) is 20.2. The van der Waals surface area contributed by atoms with E-state index in [1.807, 2.05) is 42.5 Å². The summed E-state index contributed by atoms with van der Waals surface area (Å²) in [6, 6.07) is 13.4. The van der Waals surface area contributed by atoms with Crippen LogP contribution in [0.25, 0.3) is 21.2 Å². The van der Waals surface area contributed by atoms with E-state index >= 15 is 0 Å². The maximum Gasteiger partial charge on any atom is 0.349 e. The Bertz CT molecular complexity index is 947. The monoisotopic (exact) mass is 362 g/mol. The Morgan fingerprint density at radius 2 is 1.79 bits per heavy atom. The lowest BCUT2D eigenvalue weighted by Crippen LogP contribution is -2.10. The fourth-order valence-corrected chi connectivity index (χ4v) is 3.72. The van der Waals surface area contributed by atoms with Crippen molar-refractivity contribution in [3.8, 4) is 16.2 Å². The van der Waals surface area contributed by atoms with Crippen LogP contribution >= 0.6 is 22.9 Å². The average Bonchev–Trinajstić information content (AvgIpc) is 2.89. The molecule has 3 rings (SSSR count). The van der Waals surface area contributed by atoms with Gasteiger partial charge in [-0.1, -0.05) is 48.0 Å². The molecule has 0 unspecified atom stereocenters. The van der Waals surface area contributed by atoms with E-state index in [9.17, 15) is 14.7 Å². The van der Waals surface area contributed by atoms with Gasteiger partial charge in [0.25, 0.3) is 0 Å². The molecule has 0 saturated heterocycles. The van der Waals surface area contributed by atoms with Crippen LogP contribution in [0.15, 0.2) is 42.5 Å². The van der Waals surface area contributed by atoms with E-state index in [4.69, 9.17) is 21.4 Å². The number of halogens is 1. The number of aliphatic carboxylic acids is 1. The molecule has 0 radical (unpaired) electrons. The molecule has 5 nitrogen and oxygen atoms in total. The Balaban J connectivity index is 2.10. The van der Waals surface area contributed by atoms with Gasteiger partial charge in [-0.05, 0) is 22.4 Å². The topological polar surface area (TPSA) is 83.8 Å². The van der Waals surface area contributed by atoms with Crippen molar-refractivity contribution < 1.29 is 24.5 Å². The molecule has 1 heterocycles. The number of ether oxygens (including phenoxy) is 1. The van der Waals surface area contributed by atoms with E-state index in [2.05, 4.69) is 0 Å². The predicted octanol–water partition coefficient (Wildman–Crippen LogP) is 4.38.